The van der Waals surface area contributed by atoms with E-state index in [2.05, 4.69) is 4.98 Å². The van der Waals surface area contributed by atoms with E-state index in [1.165, 1.54) is 23.7 Å². The zero-order valence-electron chi connectivity index (χ0n) is 13.2. The van der Waals surface area contributed by atoms with Gasteiger partial charge < -0.3 is 9.84 Å². The van der Waals surface area contributed by atoms with Crippen molar-refractivity contribution >= 4 is 26.9 Å². The van der Waals surface area contributed by atoms with Crippen molar-refractivity contribution in [1.29, 1.82) is 0 Å². The minimum Gasteiger partial charge on any atom is -0.496 e. The van der Waals surface area contributed by atoms with Crippen molar-refractivity contribution in [1.82, 2.24) is 9.29 Å². The molecular weight excluding hydrogens is 332 g/mol. The van der Waals surface area contributed by atoms with Crippen LogP contribution in [0.5, 0.6) is 5.75 Å². The zero-order valence-corrected chi connectivity index (χ0v) is 14.0. The molecule has 1 fully saturated rings. The molecule has 3 rings (SSSR count). The number of ether oxygens (including phenoxy) is 1. The van der Waals surface area contributed by atoms with Crippen LogP contribution in [0.4, 0.5) is 0 Å². The Hall–Kier alpha value is -2.19. The van der Waals surface area contributed by atoms with Gasteiger partial charge in [0.05, 0.1) is 18.5 Å². The number of pyridine rings is 1. The van der Waals surface area contributed by atoms with Crippen LogP contribution in [-0.4, -0.2) is 49.0 Å². The second kappa shape index (κ2) is 6.37. The van der Waals surface area contributed by atoms with E-state index in [4.69, 9.17) is 9.84 Å². The van der Waals surface area contributed by atoms with E-state index in [0.717, 1.165) is 0 Å². The van der Waals surface area contributed by atoms with Gasteiger partial charge in [-0.05, 0) is 37.1 Å². The largest absolute Gasteiger partial charge is 0.496 e. The highest BCUT2D eigenvalue weighted by molar-refractivity contribution is 7.89. The van der Waals surface area contributed by atoms with Gasteiger partial charge in [0, 0.05) is 24.7 Å². The van der Waals surface area contributed by atoms with Crippen molar-refractivity contribution in [2.24, 2.45) is 5.92 Å². The maximum Gasteiger partial charge on any atom is 0.306 e. The quantitative estimate of drug-likeness (QED) is 0.902. The summed E-state index contributed by atoms with van der Waals surface area (Å²) in [4.78, 5) is 15.4. The molecule has 128 valence electrons. The van der Waals surface area contributed by atoms with Crippen molar-refractivity contribution in [3.05, 3.63) is 30.5 Å². The van der Waals surface area contributed by atoms with Gasteiger partial charge >= 0.3 is 5.97 Å². The molecule has 0 aliphatic carbocycles. The van der Waals surface area contributed by atoms with Crippen LogP contribution in [0.25, 0.3) is 10.9 Å². The van der Waals surface area contributed by atoms with Gasteiger partial charge in [0.15, 0.2) is 0 Å². The Balaban J connectivity index is 1.99. The number of aromatic nitrogens is 1. The third-order valence-corrected chi connectivity index (χ3v) is 6.26. The number of fused-ring (bicyclic) bond motifs is 1. The number of aliphatic carboxylic acids is 1. The van der Waals surface area contributed by atoms with Gasteiger partial charge in [0.2, 0.25) is 10.0 Å². The second-order valence-corrected chi connectivity index (χ2v) is 7.59. The zero-order chi connectivity index (χ0) is 17.3. The number of methoxy groups -OCH3 is 1. The lowest BCUT2D eigenvalue weighted by Gasteiger charge is -2.29. The first kappa shape index (κ1) is 16.7. The molecule has 0 atom stereocenters. The number of piperidine rings is 1. The molecule has 0 amide bonds. The summed E-state index contributed by atoms with van der Waals surface area (Å²) in [5.41, 5.74) is 0.359. The standard InChI is InChI=1S/C16H18N2O5S/c1-23-13-4-5-14(15-12(13)3-2-8-17-15)24(21,22)18-9-6-11(7-10-18)16(19)20/h2-5,8,11H,6-7,9-10H2,1H3,(H,19,20). The molecule has 0 saturated carbocycles. The second-order valence-electron chi connectivity index (χ2n) is 5.68. The topological polar surface area (TPSA) is 96.8 Å². The van der Waals surface area contributed by atoms with E-state index in [9.17, 15) is 13.2 Å². The Kier molecular flexibility index (Phi) is 4.42. The molecule has 1 saturated heterocycles. The number of hydrogen-bond donors (Lipinski definition) is 1. The number of nitrogens with zero attached hydrogens (tertiary/aromatic N) is 2. The maximum atomic E-state index is 13.0. The molecular formula is C16H18N2O5S. The minimum atomic E-state index is -3.74. The van der Waals surface area contributed by atoms with Crippen LogP contribution in [0.2, 0.25) is 0 Å². The van der Waals surface area contributed by atoms with Gasteiger partial charge in [-0.25, -0.2) is 8.42 Å². The molecule has 0 radical (unpaired) electrons. The van der Waals surface area contributed by atoms with Crippen LogP contribution in [0.1, 0.15) is 12.8 Å². The predicted molar refractivity (Wildman–Crippen MR) is 87.4 cm³/mol. The molecule has 2 heterocycles. The smallest absolute Gasteiger partial charge is 0.306 e. The molecule has 1 aromatic heterocycles. The third-order valence-electron chi connectivity index (χ3n) is 4.33. The molecule has 0 unspecified atom stereocenters. The molecule has 2 aromatic rings. The van der Waals surface area contributed by atoms with Crippen LogP contribution in [0.15, 0.2) is 35.4 Å². The van der Waals surface area contributed by atoms with Gasteiger partial charge in [-0.15, -0.1) is 0 Å². The van der Waals surface area contributed by atoms with E-state index in [1.54, 1.807) is 18.2 Å². The van der Waals surface area contributed by atoms with E-state index < -0.39 is 21.9 Å². The summed E-state index contributed by atoms with van der Waals surface area (Å²) < 4.78 is 32.6. The lowest BCUT2D eigenvalue weighted by atomic mass is 9.99. The Morgan fingerprint density at radius 3 is 2.62 bits per heavy atom. The average molecular weight is 350 g/mol. The van der Waals surface area contributed by atoms with Crippen LogP contribution in [0.3, 0.4) is 0 Å². The molecule has 8 heteroatoms. The maximum absolute atomic E-state index is 13.0. The van der Waals surface area contributed by atoms with Crippen molar-refractivity contribution in [2.75, 3.05) is 20.2 Å². The van der Waals surface area contributed by atoms with Crippen molar-refractivity contribution < 1.29 is 23.1 Å². The fourth-order valence-corrected chi connectivity index (χ4v) is 4.61. The fourth-order valence-electron chi connectivity index (χ4n) is 2.99. The Morgan fingerprint density at radius 1 is 1.29 bits per heavy atom. The highest BCUT2D eigenvalue weighted by Gasteiger charge is 2.33. The molecule has 1 aliphatic rings. The average Bonchev–Trinajstić information content (AvgIpc) is 2.60. The van der Waals surface area contributed by atoms with Gasteiger partial charge in [0.25, 0.3) is 0 Å². The Morgan fingerprint density at radius 2 is 2.00 bits per heavy atom. The molecule has 1 aromatic carbocycles. The van der Waals surface area contributed by atoms with E-state index >= 15 is 0 Å². The lowest BCUT2D eigenvalue weighted by molar-refractivity contribution is -0.142. The molecule has 7 nitrogen and oxygen atoms in total. The van der Waals surface area contributed by atoms with Crippen LogP contribution >= 0.6 is 0 Å². The SMILES string of the molecule is COc1ccc(S(=O)(=O)N2CCC(C(=O)O)CC2)c2ncccc12. The molecule has 0 bridgehead atoms. The number of sulfonamides is 1. The number of hydrogen-bond acceptors (Lipinski definition) is 5. The summed E-state index contributed by atoms with van der Waals surface area (Å²) >= 11 is 0. The van der Waals surface area contributed by atoms with Crippen LogP contribution in [-0.2, 0) is 14.8 Å². The van der Waals surface area contributed by atoms with E-state index in [0.29, 0.717) is 29.5 Å². The van der Waals surface area contributed by atoms with Crippen molar-refractivity contribution in [3.8, 4) is 5.75 Å². The van der Waals surface area contributed by atoms with Crippen LogP contribution in [0, 0.1) is 5.92 Å². The summed E-state index contributed by atoms with van der Waals surface area (Å²) in [6.45, 7) is 0.388. The molecule has 0 spiro atoms. The molecule has 1 aliphatic heterocycles. The number of carbonyl (C=O) groups is 1. The van der Waals surface area contributed by atoms with Crippen molar-refractivity contribution in [3.63, 3.8) is 0 Å². The number of benzene rings is 1. The highest BCUT2D eigenvalue weighted by atomic mass is 32.2. The number of rotatable bonds is 4. The van der Waals surface area contributed by atoms with E-state index in [-0.39, 0.29) is 18.0 Å². The van der Waals surface area contributed by atoms with Crippen LogP contribution < -0.4 is 4.74 Å². The molecule has 24 heavy (non-hydrogen) atoms. The Labute approximate surface area is 139 Å². The first-order valence-corrected chi connectivity index (χ1v) is 9.04. The summed E-state index contributed by atoms with van der Waals surface area (Å²) in [6.07, 6.45) is 2.17. The predicted octanol–water partition coefficient (Wildman–Crippen LogP) is 1.73. The summed E-state index contributed by atoms with van der Waals surface area (Å²) in [5, 5.41) is 9.68. The van der Waals surface area contributed by atoms with Gasteiger partial charge in [-0.1, -0.05) is 0 Å². The fraction of sp³-hybridized carbons (Fsp3) is 0.375. The number of carboxylic acids is 1. The normalized spacial score (nSPS) is 17.0. The minimum absolute atomic E-state index is 0.118. The van der Waals surface area contributed by atoms with Gasteiger partial charge in [0.1, 0.15) is 10.6 Å². The Bertz CT molecular complexity index is 873. The number of carboxylic acid groups (broad SMARTS) is 1. The highest BCUT2D eigenvalue weighted by Crippen LogP contribution is 2.32. The first-order chi connectivity index (χ1) is 11.4. The monoisotopic (exact) mass is 350 g/mol. The lowest BCUT2D eigenvalue weighted by Crippen LogP contribution is -2.40. The third kappa shape index (κ3) is 2.83. The van der Waals surface area contributed by atoms with E-state index in [1.807, 2.05) is 0 Å². The van der Waals surface area contributed by atoms with Crippen molar-refractivity contribution in [2.45, 2.75) is 17.7 Å². The first-order valence-electron chi connectivity index (χ1n) is 7.60. The van der Waals surface area contributed by atoms with Gasteiger partial charge in [-0.2, -0.15) is 4.31 Å². The summed E-state index contributed by atoms with van der Waals surface area (Å²) in [5.74, 6) is -0.799. The molecule has 1 N–H and O–H groups in total. The van der Waals surface area contributed by atoms with Gasteiger partial charge in [-0.3, -0.25) is 9.78 Å². The summed E-state index contributed by atoms with van der Waals surface area (Å²) in [6, 6.07) is 6.59. The summed E-state index contributed by atoms with van der Waals surface area (Å²) in [7, 11) is -2.22.